The summed E-state index contributed by atoms with van der Waals surface area (Å²) in [6.07, 6.45) is 4.06. The number of amides is 1. The van der Waals surface area contributed by atoms with Crippen LogP contribution in [0.15, 0.2) is 41.4 Å². The van der Waals surface area contributed by atoms with Gasteiger partial charge in [-0.1, -0.05) is 0 Å². The van der Waals surface area contributed by atoms with Crippen LogP contribution in [0.5, 0.6) is 5.75 Å². The van der Waals surface area contributed by atoms with Gasteiger partial charge < -0.3 is 9.64 Å². The van der Waals surface area contributed by atoms with Crippen LogP contribution in [-0.4, -0.2) is 60.2 Å². The van der Waals surface area contributed by atoms with Crippen LogP contribution >= 0.6 is 0 Å². The summed E-state index contributed by atoms with van der Waals surface area (Å²) in [7, 11) is -3.41. The van der Waals surface area contributed by atoms with Gasteiger partial charge in [0.2, 0.25) is 0 Å². The average molecular weight is 454 g/mol. The Morgan fingerprint density at radius 2 is 1.94 bits per heavy atom. The molecule has 0 aliphatic carbocycles. The molecule has 5 rings (SSSR count). The molecule has 0 bridgehead atoms. The molecule has 1 N–H and O–H groups in total. The molecule has 0 radical (unpaired) electrons. The monoisotopic (exact) mass is 453 g/mol. The number of nitrogens with one attached hydrogen (secondary N) is 1. The smallest absolute Gasteiger partial charge is 0.253 e. The zero-order chi connectivity index (χ0) is 22.7. The second-order valence-electron chi connectivity index (χ2n) is 8.73. The number of likely N-dealkylation sites (tertiary alicyclic amines) is 1. The third kappa shape index (κ3) is 3.46. The first kappa shape index (κ1) is 20.7. The normalized spacial score (nSPS) is 17.9. The maximum Gasteiger partial charge on any atom is 0.253 e. The predicted molar refractivity (Wildman–Crippen MR) is 118 cm³/mol. The van der Waals surface area contributed by atoms with E-state index in [2.05, 4.69) is 10.2 Å². The van der Waals surface area contributed by atoms with Crippen molar-refractivity contribution in [2.45, 2.75) is 36.7 Å². The number of ether oxygens (including phenoxy) is 1. The Labute approximate surface area is 185 Å². The Balaban J connectivity index is 1.34. The molecular weight excluding hydrogens is 430 g/mol. The fourth-order valence-corrected chi connectivity index (χ4v) is 5.29. The van der Waals surface area contributed by atoms with E-state index in [-0.39, 0.29) is 23.0 Å². The lowest BCUT2D eigenvalue weighted by atomic mass is 9.82. The van der Waals surface area contributed by atoms with Gasteiger partial charge in [0.15, 0.2) is 15.6 Å². The predicted octanol–water partition coefficient (Wildman–Crippen LogP) is 2.92. The number of ketones is 1. The number of H-pyrrole nitrogens is 1. The van der Waals surface area contributed by atoms with Gasteiger partial charge in [-0.25, -0.2) is 8.42 Å². The fourth-order valence-electron chi connectivity index (χ4n) is 4.64. The van der Waals surface area contributed by atoms with Crippen molar-refractivity contribution >= 4 is 32.4 Å². The Kier molecular flexibility index (Phi) is 4.63. The SMILES string of the molecule is Cc1cc(C(=O)N2CCC3(CC2)CC(=O)c2cc(S(C)(=O)=O)ccc2O3)cc2cn[nH]c12. The molecule has 2 aliphatic rings. The van der Waals surface area contributed by atoms with E-state index in [1.54, 1.807) is 17.2 Å². The Morgan fingerprint density at radius 3 is 2.66 bits per heavy atom. The maximum atomic E-state index is 13.1. The lowest BCUT2D eigenvalue weighted by Crippen LogP contribution is -2.52. The quantitative estimate of drug-likeness (QED) is 0.639. The molecule has 0 unspecified atom stereocenters. The topological polar surface area (TPSA) is 109 Å². The number of hydrogen-bond donors (Lipinski definition) is 1. The zero-order valence-corrected chi connectivity index (χ0v) is 18.7. The molecule has 3 aromatic rings. The first-order chi connectivity index (χ1) is 15.2. The minimum absolute atomic E-state index is 0.0496. The van der Waals surface area contributed by atoms with Crippen LogP contribution in [0.4, 0.5) is 0 Å². The average Bonchev–Trinajstić information content (AvgIpc) is 3.22. The summed E-state index contributed by atoms with van der Waals surface area (Å²) >= 11 is 0. The highest BCUT2D eigenvalue weighted by molar-refractivity contribution is 7.90. The molecule has 1 saturated heterocycles. The summed E-state index contributed by atoms with van der Waals surface area (Å²) in [6.45, 7) is 2.90. The Hall–Kier alpha value is -3.20. The summed E-state index contributed by atoms with van der Waals surface area (Å²) in [5.74, 6) is 0.235. The molecule has 1 aromatic heterocycles. The Morgan fingerprint density at radius 1 is 1.19 bits per heavy atom. The summed E-state index contributed by atoms with van der Waals surface area (Å²) in [5.41, 5.74) is 2.14. The number of aromatic amines is 1. The maximum absolute atomic E-state index is 13.1. The molecule has 2 aromatic carbocycles. The second kappa shape index (κ2) is 7.16. The van der Waals surface area contributed by atoms with Crippen molar-refractivity contribution < 1.29 is 22.7 Å². The lowest BCUT2D eigenvalue weighted by molar-refractivity contribution is -0.00576. The molecule has 1 spiro atoms. The van der Waals surface area contributed by atoms with Crippen molar-refractivity contribution in [1.82, 2.24) is 15.1 Å². The third-order valence-electron chi connectivity index (χ3n) is 6.44. The number of fused-ring (bicyclic) bond motifs is 2. The number of hydrogen-bond acceptors (Lipinski definition) is 6. The first-order valence-electron chi connectivity index (χ1n) is 10.4. The van der Waals surface area contributed by atoms with Gasteiger partial charge in [0, 0.05) is 43.1 Å². The van der Waals surface area contributed by atoms with Crippen LogP contribution < -0.4 is 4.74 Å². The number of sulfone groups is 1. The second-order valence-corrected chi connectivity index (χ2v) is 10.8. The summed E-state index contributed by atoms with van der Waals surface area (Å²) in [5, 5.41) is 7.88. The molecule has 0 atom stereocenters. The lowest BCUT2D eigenvalue weighted by Gasteiger charge is -2.44. The molecule has 0 saturated carbocycles. The van der Waals surface area contributed by atoms with Crippen LogP contribution in [0.1, 0.15) is 45.5 Å². The van der Waals surface area contributed by atoms with E-state index in [4.69, 9.17) is 4.74 Å². The number of nitrogens with zero attached hydrogens (tertiary/aromatic N) is 2. The van der Waals surface area contributed by atoms with E-state index >= 15 is 0 Å². The fraction of sp³-hybridized carbons (Fsp3) is 0.348. The van der Waals surface area contributed by atoms with Crippen molar-refractivity contribution in [3.8, 4) is 5.75 Å². The van der Waals surface area contributed by atoms with E-state index in [0.717, 1.165) is 22.7 Å². The van der Waals surface area contributed by atoms with Gasteiger partial charge in [0.25, 0.3) is 5.91 Å². The Bertz CT molecular complexity index is 1370. The van der Waals surface area contributed by atoms with Gasteiger partial charge in [0.1, 0.15) is 11.4 Å². The summed E-state index contributed by atoms with van der Waals surface area (Å²) in [6, 6.07) is 8.13. The van der Waals surface area contributed by atoms with Crippen LogP contribution in [-0.2, 0) is 9.84 Å². The molecule has 1 fully saturated rings. The van der Waals surface area contributed by atoms with Crippen molar-refractivity contribution in [1.29, 1.82) is 0 Å². The van der Waals surface area contributed by atoms with E-state index < -0.39 is 15.4 Å². The first-order valence-corrected chi connectivity index (χ1v) is 12.3. The molecule has 3 heterocycles. The van der Waals surface area contributed by atoms with Gasteiger partial charge in [0.05, 0.1) is 28.6 Å². The highest BCUT2D eigenvalue weighted by atomic mass is 32.2. The van der Waals surface area contributed by atoms with E-state index in [1.165, 1.54) is 12.1 Å². The standard InChI is InChI=1S/C23H23N3O5S/c1-14-9-15(10-16-13-24-25-21(14)16)22(28)26-7-5-23(6-8-26)12-19(27)18-11-17(32(2,29)30)3-4-20(18)31-23/h3-4,9-11,13H,5-8,12H2,1-2H3,(H,24,25). The number of carbonyl (C=O) groups excluding carboxylic acids is 2. The van der Waals surface area contributed by atoms with Gasteiger partial charge in [-0.15, -0.1) is 0 Å². The third-order valence-corrected chi connectivity index (χ3v) is 7.55. The highest BCUT2D eigenvalue weighted by Crippen LogP contribution is 2.40. The largest absolute Gasteiger partial charge is 0.486 e. The molecule has 166 valence electrons. The number of Topliss-reactive ketones (excluding diaryl/α,β-unsaturated/α-hetero) is 1. The minimum Gasteiger partial charge on any atom is -0.486 e. The van der Waals surface area contributed by atoms with E-state index in [0.29, 0.717) is 42.8 Å². The van der Waals surface area contributed by atoms with Gasteiger partial charge in [-0.2, -0.15) is 5.10 Å². The van der Waals surface area contributed by atoms with Gasteiger partial charge in [-0.05, 0) is 42.8 Å². The minimum atomic E-state index is -3.41. The van der Waals surface area contributed by atoms with Crippen LogP contribution in [0, 0.1) is 6.92 Å². The van der Waals surface area contributed by atoms with Gasteiger partial charge >= 0.3 is 0 Å². The highest BCUT2D eigenvalue weighted by Gasteiger charge is 2.44. The number of aromatic nitrogens is 2. The van der Waals surface area contributed by atoms with E-state index in [1.807, 2.05) is 19.1 Å². The summed E-state index contributed by atoms with van der Waals surface area (Å²) in [4.78, 5) is 27.9. The number of benzene rings is 2. The molecule has 32 heavy (non-hydrogen) atoms. The molecule has 9 heteroatoms. The van der Waals surface area contributed by atoms with Crippen molar-refractivity contribution in [2.24, 2.45) is 0 Å². The number of aryl methyl sites for hydroxylation is 1. The zero-order valence-electron chi connectivity index (χ0n) is 17.8. The molecule has 1 amide bonds. The number of rotatable bonds is 2. The summed E-state index contributed by atoms with van der Waals surface area (Å²) < 4.78 is 29.9. The molecule has 2 aliphatic heterocycles. The van der Waals surface area contributed by atoms with Gasteiger partial charge in [-0.3, -0.25) is 14.7 Å². The van der Waals surface area contributed by atoms with E-state index in [9.17, 15) is 18.0 Å². The van der Waals surface area contributed by atoms with Crippen LogP contribution in [0.2, 0.25) is 0 Å². The number of piperidine rings is 1. The molecular formula is C23H23N3O5S. The van der Waals surface area contributed by atoms with Crippen molar-refractivity contribution in [3.63, 3.8) is 0 Å². The number of carbonyl (C=O) groups is 2. The molecule has 8 nitrogen and oxygen atoms in total. The van der Waals surface area contributed by atoms with Crippen molar-refractivity contribution in [3.05, 3.63) is 53.2 Å². The van der Waals surface area contributed by atoms with Crippen LogP contribution in [0.3, 0.4) is 0 Å². The van der Waals surface area contributed by atoms with Crippen molar-refractivity contribution in [2.75, 3.05) is 19.3 Å². The van der Waals surface area contributed by atoms with Crippen LogP contribution in [0.25, 0.3) is 10.9 Å².